The first-order valence-corrected chi connectivity index (χ1v) is 9.16. The highest BCUT2D eigenvalue weighted by Gasteiger charge is 2.19. The lowest BCUT2D eigenvalue weighted by atomic mass is 10.1. The minimum absolute atomic E-state index is 0.0327. The third kappa shape index (κ3) is 4.11. The predicted octanol–water partition coefficient (Wildman–Crippen LogP) is 2.03. The van der Waals surface area contributed by atoms with Crippen molar-refractivity contribution in [2.24, 2.45) is 4.99 Å². The molecule has 2 aromatic heterocycles. The summed E-state index contributed by atoms with van der Waals surface area (Å²) in [5, 5.41) is 10.7. The van der Waals surface area contributed by atoms with Gasteiger partial charge in [-0.1, -0.05) is 24.6 Å². The van der Waals surface area contributed by atoms with Crippen molar-refractivity contribution in [2.75, 3.05) is 6.54 Å². The monoisotopic (exact) mass is 381 g/mol. The smallest absolute Gasteiger partial charge is 0.335 e. The minimum atomic E-state index is -0.689. The van der Waals surface area contributed by atoms with E-state index in [0.717, 1.165) is 23.1 Å². The molecule has 8 nitrogen and oxygen atoms in total. The van der Waals surface area contributed by atoms with E-state index in [1.165, 1.54) is 0 Å². The summed E-state index contributed by atoms with van der Waals surface area (Å²) in [6, 6.07) is 7.09. The van der Waals surface area contributed by atoms with E-state index < -0.39 is 17.1 Å². The Kier molecular flexibility index (Phi) is 5.88. The molecular formula is C20H23N5O3. The van der Waals surface area contributed by atoms with Gasteiger partial charge >= 0.3 is 5.69 Å². The van der Waals surface area contributed by atoms with Gasteiger partial charge in [-0.3, -0.25) is 14.8 Å². The molecule has 0 amide bonds. The molecule has 0 fully saturated rings. The highest BCUT2D eigenvalue weighted by atomic mass is 16.3. The van der Waals surface area contributed by atoms with Crippen LogP contribution in [0.3, 0.4) is 0 Å². The predicted molar refractivity (Wildman–Crippen MR) is 108 cm³/mol. The van der Waals surface area contributed by atoms with Crippen LogP contribution in [0.4, 0.5) is 0 Å². The van der Waals surface area contributed by atoms with Gasteiger partial charge in [-0.05, 0) is 31.9 Å². The summed E-state index contributed by atoms with van der Waals surface area (Å²) in [4.78, 5) is 35.5. The fraction of sp³-hybridized carbons (Fsp3) is 0.300. The number of rotatable bonds is 7. The maximum absolute atomic E-state index is 12.4. The summed E-state index contributed by atoms with van der Waals surface area (Å²) in [6.07, 6.45) is 6.54. The van der Waals surface area contributed by atoms with Crippen molar-refractivity contribution in [1.82, 2.24) is 19.1 Å². The van der Waals surface area contributed by atoms with Gasteiger partial charge in [0.2, 0.25) is 5.88 Å². The molecule has 0 aliphatic carbocycles. The zero-order valence-electron chi connectivity index (χ0n) is 15.9. The van der Waals surface area contributed by atoms with E-state index in [1.54, 1.807) is 24.7 Å². The van der Waals surface area contributed by atoms with E-state index in [4.69, 9.17) is 0 Å². The summed E-state index contributed by atoms with van der Waals surface area (Å²) in [6.45, 7) is 5.03. The number of hydrogen-bond acceptors (Lipinski definition) is 5. The molecule has 3 aromatic rings. The standard InChI is InChI=1S/C20H23N5O3/c1-3-16(22-9-4-11-24-12-10-21-13-24)17-18(26)23-20(28)25(19(17)27)15-7-5-14(2)6-8-15/h5-8,10,12-13,27H,3-4,9,11H2,1-2H3,(H,23,26,28). The molecule has 0 aliphatic rings. The lowest BCUT2D eigenvalue weighted by molar-refractivity contribution is 0.429. The molecule has 0 saturated heterocycles. The first-order chi connectivity index (χ1) is 13.5. The van der Waals surface area contributed by atoms with Crippen LogP contribution in [-0.2, 0) is 6.54 Å². The average Bonchev–Trinajstić information content (AvgIpc) is 3.18. The second kappa shape index (κ2) is 8.51. The Morgan fingerprint density at radius 2 is 2.00 bits per heavy atom. The molecule has 2 heterocycles. The zero-order chi connectivity index (χ0) is 20.1. The second-order valence-corrected chi connectivity index (χ2v) is 6.46. The molecule has 1 aromatic carbocycles. The van der Waals surface area contributed by atoms with Gasteiger partial charge in [-0.15, -0.1) is 0 Å². The first kappa shape index (κ1) is 19.3. The van der Waals surface area contributed by atoms with Crippen LogP contribution in [0.5, 0.6) is 5.88 Å². The van der Waals surface area contributed by atoms with E-state index in [1.807, 2.05) is 36.7 Å². The fourth-order valence-corrected chi connectivity index (χ4v) is 2.97. The molecule has 8 heteroatoms. The minimum Gasteiger partial charge on any atom is -0.493 e. The lowest BCUT2D eigenvalue weighted by Gasteiger charge is -2.12. The van der Waals surface area contributed by atoms with E-state index in [9.17, 15) is 14.7 Å². The quantitative estimate of drug-likeness (QED) is 0.482. The first-order valence-electron chi connectivity index (χ1n) is 9.16. The summed E-state index contributed by atoms with van der Waals surface area (Å²) < 4.78 is 3.04. The van der Waals surface area contributed by atoms with Crippen molar-refractivity contribution in [1.29, 1.82) is 0 Å². The normalized spacial score (nSPS) is 11.7. The van der Waals surface area contributed by atoms with Gasteiger partial charge in [0.25, 0.3) is 5.56 Å². The van der Waals surface area contributed by atoms with Gasteiger partial charge in [0.15, 0.2) is 0 Å². The highest BCUT2D eigenvalue weighted by molar-refractivity contribution is 6.02. The van der Waals surface area contributed by atoms with Gasteiger partial charge in [0, 0.05) is 25.5 Å². The SMILES string of the molecule is CCC(=NCCCn1ccnc1)c1c(O)n(-c2ccc(C)cc2)c(=O)[nH]c1=O. The zero-order valence-corrected chi connectivity index (χ0v) is 15.9. The number of aromatic nitrogens is 4. The van der Waals surface area contributed by atoms with Crippen LogP contribution >= 0.6 is 0 Å². The van der Waals surface area contributed by atoms with Crippen molar-refractivity contribution >= 4 is 5.71 Å². The maximum Gasteiger partial charge on any atom is 0.335 e. The van der Waals surface area contributed by atoms with Crippen LogP contribution in [0.25, 0.3) is 5.69 Å². The second-order valence-electron chi connectivity index (χ2n) is 6.46. The molecule has 0 saturated carbocycles. The van der Waals surface area contributed by atoms with Gasteiger partial charge in [0.1, 0.15) is 5.56 Å². The van der Waals surface area contributed by atoms with Crippen molar-refractivity contribution in [3.05, 3.63) is 75.0 Å². The number of aromatic hydroxyl groups is 1. The molecule has 0 spiro atoms. The average molecular weight is 381 g/mol. The van der Waals surface area contributed by atoms with Crippen LogP contribution in [0.2, 0.25) is 0 Å². The Morgan fingerprint density at radius 1 is 1.25 bits per heavy atom. The highest BCUT2D eigenvalue weighted by Crippen LogP contribution is 2.18. The lowest BCUT2D eigenvalue weighted by Crippen LogP contribution is -2.33. The molecule has 0 unspecified atom stereocenters. The third-order valence-electron chi connectivity index (χ3n) is 4.44. The number of aryl methyl sites for hydroxylation is 2. The largest absolute Gasteiger partial charge is 0.493 e. The number of nitrogens with zero attached hydrogens (tertiary/aromatic N) is 4. The van der Waals surface area contributed by atoms with E-state index in [2.05, 4.69) is 15.0 Å². The number of aliphatic imine (C=N–C) groups is 1. The summed E-state index contributed by atoms with van der Waals surface area (Å²) >= 11 is 0. The molecule has 0 aliphatic heterocycles. The number of hydrogen-bond donors (Lipinski definition) is 2. The van der Waals surface area contributed by atoms with Crippen molar-refractivity contribution in [2.45, 2.75) is 33.2 Å². The molecular weight excluding hydrogens is 358 g/mol. The van der Waals surface area contributed by atoms with Gasteiger partial charge < -0.3 is 9.67 Å². The number of imidazole rings is 1. The van der Waals surface area contributed by atoms with E-state index in [0.29, 0.717) is 24.4 Å². The van der Waals surface area contributed by atoms with Crippen LogP contribution < -0.4 is 11.2 Å². The molecule has 0 radical (unpaired) electrons. The summed E-state index contributed by atoms with van der Waals surface area (Å²) in [7, 11) is 0. The van der Waals surface area contributed by atoms with E-state index in [-0.39, 0.29) is 5.56 Å². The van der Waals surface area contributed by atoms with E-state index >= 15 is 0 Å². The summed E-state index contributed by atoms with van der Waals surface area (Å²) in [5.74, 6) is -0.396. The molecule has 146 valence electrons. The van der Waals surface area contributed by atoms with Crippen molar-refractivity contribution < 1.29 is 5.11 Å². The van der Waals surface area contributed by atoms with Crippen molar-refractivity contribution in [3.63, 3.8) is 0 Å². The summed E-state index contributed by atoms with van der Waals surface area (Å²) in [5.41, 5.74) is 0.665. The van der Waals surface area contributed by atoms with Crippen LogP contribution in [0.1, 0.15) is 30.9 Å². The Morgan fingerprint density at radius 3 is 2.64 bits per heavy atom. The van der Waals surface area contributed by atoms with Crippen molar-refractivity contribution in [3.8, 4) is 11.6 Å². The third-order valence-corrected chi connectivity index (χ3v) is 4.44. The Labute approximate surface area is 161 Å². The van der Waals surface area contributed by atoms with Crippen LogP contribution in [0.15, 0.2) is 57.6 Å². The topological polar surface area (TPSA) is 105 Å². The van der Waals surface area contributed by atoms with Gasteiger partial charge in [-0.2, -0.15) is 0 Å². The fourth-order valence-electron chi connectivity index (χ4n) is 2.97. The number of nitrogens with one attached hydrogen (secondary N) is 1. The Bertz CT molecular complexity index is 1080. The molecule has 28 heavy (non-hydrogen) atoms. The van der Waals surface area contributed by atoms with Crippen LogP contribution in [-0.4, -0.2) is 36.5 Å². The Balaban J connectivity index is 1.93. The number of H-pyrrole nitrogens is 1. The molecule has 2 N–H and O–H groups in total. The molecule has 0 bridgehead atoms. The molecule has 0 atom stereocenters. The number of benzene rings is 1. The molecule has 3 rings (SSSR count). The maximum atomic E-state index is 12.4. The number of aromatic amines is 1. The van der Waals surface area contributed by atoms with Crippen LogP contribution in [0, 0.1) is 6.92 Å². The Hall–Kier alpha value is -3.42. The van der Waals surface area contributed by atoms with Gasteiger partial charge in [-0.25, -0.2) is 14.3 Å². The van der Waals surface area contributed by atoms with Gasteiger partial charge in [0.05, 0.1) is 17.7 Å².